The van der Waals surface area contributed by atoms with Crippen molar-refractivity contribution in [1.29, 1.82) is 0 Å². The van der Waals surface area contributed by atoms with Crippen LogP contribution in [0.4, 0.5) is 5.69 Å². The summed E-state index contributed by atoms with van der Waals surface area (Å²) in [6, 6.07) is 11.0. The molecule has 2 saturated heterocycles. The van der Waals surface area contributed by atoms with Gasteiger partial charge in [0.15, 0.2) is 0 Å². The van der Waals surface area contributed by atoms with Crippen molar-refractivity contribution in [3.8, 4) is 0 Å². The Morgan fingerprint density at radius 2 is 1.69 bits per heavy atom. The van der Waals surface area contributed by atoms with Gasteiger partial charge in [-0.15, -0.1) is 0 Å². The van der Waals surface area contributed by atoms with Crippen molar-refractivity contribution in [3.05, 3.63) is 63.8 Å². The molecule has 0 unspecified atom stereocenters. The number of fused-ring (bicyclic) bond motifs is 1. The number of halogens is 2. The SMILES string of the molecule is CO[C@H]1CN([C@H]2C[C@@H](COC3CCC(C=O)CC3)N(C(=O)Cc3cc(Cl)c(NC(=O)c4cn(C)c5ccccc45)cc3Cl)C2)C[C@H]1OC. The van der Waals surface area contributed by atoms with E-state index < -0.39 is 0 Å². The van der Waals surface area contributed by atoms with Gasteiger partial charge in [0.2, 0.25) is 5.91 Å². The lowest BCUT2D eigenvalue weighted by atomic mass is 9.88. The third-order valence-electron chi connectivity index (χ3n) is 10.4. The smallest absolute Gasteiger partial charge is 0.257 e. The first-order valence-electron chi connectivity index (χ1n) is 16.7. The van der Waals surface area contributed by atoms with Gasteiger partial charge in [0.1, 0.15) is 6.29 Å². The summed E-state index contributed by atoms with van der Waals surface area (Å²) >= 11 is 13.4. The molecule has 4 atom stereocenters. The number of nitrogens with one attached hydrogen (secondary N) is 1. The zero-order valence-corrected chi connectivity index (χ0v) is 29.2. The summed E-state index contributed by atoms with van der Waals surface area (Å²) in [4.78, 5) is 42.8. The van der Waals surface area contributed by atoms with Gasteiger partial charge in [0, 0.05) is 75.0 Å². The molecule has 3 heterocycles. The highest BCUT2D eigenvalue weighted by Gasteiger charge is 2.43. The largest absolute Gasteiger partial charge is 0.377 e. The van der Waals surface area contributed by atoms with Crippen molar-refractivity contribution in [2.45, 2.75) is 68.9 Å². The van der Waals surface area contributed by atoms with E-state index in [0.29, 0.717) is 40.0 Å². The number of para-hydroxylation sites is 1. The Morgan fingerprint density at radius 1 is 0.979 bits per heavy atom. The van der Waals surface area contributed by atoms with E-state index in [1.165, 1.54) is 0 Å². The molecule has 1 N–H and O–H groups in total. The molecule has 3 aliphatic rings. The molecule has 1 aliphatic carbocycles. The van der Waals surface area contributed by atoms with Crippen LogP contribution in [-0.2, 0) is 37.3 Å². The minimum absolute atomic E-state index is 0.0250. The molecule has 48 heavy (non-hydrogen) atoms. The standard InChI is InChI=1S/C36H44Cl2N4O6/c1-40-17-28(27-6-4-5-7-32(27)40)36(45)39-31-15-29(37)23(12-30(31)38)13-35(44)42-16-24(41-18-33(46-2)34(19-41)47-3)14-25(42)21-48-26-10-8-22(20-43)9-11-26/h4-7,12,15,17,20,22,24-26,33-34H,8-11,13-14,16,18-19,21H2,1-3H3,(H,39,45)/t22?,24-,25-,26?,33-,34+/m0/s1. The summed E-state index contributed by atoms with van der Waals surface area (Å²) < 4.78 is 19.6. The molecule has 258 valence electrons. The van der Waals surface area contributed by atoms with Crippen LogP contribution in [0.2, 0.25) is 10.0 Å². The van der Waals surface area contributed by atoms with Gasteiger partial charge < -0.3 is 33.8 Å². The molecule has 2 aromatic carbocycles. The molecule has 0 spiro atoms. The summed E-state index contributed by atoms with van der Waals surface area (Å²) in [5.74, 6) is -0.245. The Hall–Kier alpha value is -2.99. The fraction of sp³-hybridized carbons (Fsp3) is 0.528. The van der Waals surface area contributed by atoms with Gasteiger partial charge in [0.05, 0.1) is 53.7 Å². The number of benzene rings is 2. The molecule has 0 bridgehead atoms. The summed E-state index contributed by atoms with van der Waals surface area (Å²) in [7, 11) is 5.30. The van der Waals surface area contributed by atoms with E-state index in [1.807, 2.05) is 40.8 Å². The minimum atomic E-state index is -0.299. The van der Waals surface area contributed by atoms with E-state index in [-0.39, 0.29) is 54.5 Å². The molecule has 3 fully saturated rings. The van der Waals surface area contributed by atoms with Crippen LogP contribution in [0.15, 0.2) is 42.6 Å². The molecular weight excluding hydrogens is 655 g/mol. The van der Waals surface area contributed by atoms with Crippen LogP contribution in [0, 0.1) is 5.92 Å². The van der Waals surface area contributed by atoms with Crippen molar-refractivity contribution in [3.63, 3.8) is 0 Å². The van der Waals surface area contributed by atoms with E-state index in [2.05, 4.69) is 10.2 Å². The number of aldehydes is 1. The number of methoxy groups -OCH3 is 2. The Kier molecular flexibility index (Phi) is 11.1. The van der Waals surface area contributed by atoms with Crippen LogP contribution in [0.3, 0.4) is 0 Å². The molecule has 12 heteroatoms. The average molecular weight is 700 g/mol. The van der Waals surface area contributed by atoms with Crippen molar-refractivity contribution in [2.24, 2.45) is 13.0 Å². The van der Waals surface area contributed by atoms with Gasteiger partial charge in [0.25, 0.3) is 5.91 Å². The van der Waals surface area contributed by atoms with Crippen LogP contribution < -0.4 is 5.32 Å². The van der Waals surface area contributed by atoms with Gasteiger partial charge in [-0.2, -0.15) is 0 Å². The Labute approximate surface area is 291 Å². The van der Waals surface area contributed by atoms with Crippen LogP contribution in [0.5, 0.6) is 0 Å². The molecule has 1 aromatic heterocycles. The summed E-state index contributed by atoms with van der Waals surface area (Å²) in [5.41, 5.74) is 2.44. The quantitative estimate of drug-likeness (QED) is 0.269. The molecule has 2 amide bonds. The number of nitrogens with zero attached hydrogens (tertiary/aromatic N) is 3. The highest BCUT2D eigenvalue weighted by Crippen LogP contribution is 2.34. The van der Waals surface area contributed by atoms with E-state index in [0.717, 1.165) is 62.4 Å². The van der Waals surface area contributed by atoms with Crippen molar-refractivity contribution >= 4 is 57.9 Å². The molecular formula is C36H44Cl2N4O6. The number of carbonyl (C=O) groups excluding carboxylic acids is 3. The molecule has 10 nitrogen and oxygen atoms in total. The maximum Gasteiger partial charge on any atom is 0.257 e. The third-order valence-corrected chi connectivity index (χ3v) is 11.0. The molecule has 2 aliphatic heterocycles. The second kappa shape index (κ2) is 15.3. The van der Waals surface area contributed by atoms with Crippen molar-refractivity contribution in [1.82, 2.24) is 14.4 Å². The Bertz CT molecular complexity index is 1630. The average Bonchev–Trinajstić information content (AvgIpc) is 3.81. The van der Waals surface area contributed by atoms with Crippen molar-refractivity contribution < 1.29 is 28.6 Å². The first-order chi connectivity index (χ1) is 23.2. The highest BCUT2D eigenvalue weighted by molar-refractivity contribution is 6.36. The predicted octanol–water partition coefficient (Wildman–Crippen LogP) is 5.37. The number of aryl methyl sites for hydroxylation is 1. The van der Waals surface area contributed by atoms with Gasteiger partial charge in [-0.1, -0.05) is 41.4 Å². The van der Waals surface area contributed by atoms with Gasteiger partial charge in [-0.3, -0.25) is 14.5 Å². The minimum Gasteiger partial charge on any atom is -0.377 e. The number of anilines is 1. The number of amides is 2. The van der Waals surface area contributed by atoms with E-state index in [9.17, 15) is 14.4 Å². The number of rotatable bonds is 11. The number of hydrogen-bond donors (Lipinski definition) is 1. The second-order valence-corrected chi connectivity index (χ2v) is 14.1. The second-order valence-electron chi connectivity index (χ2n) is 13.3. The lowest BCUT2D eigenvalue weighted by Crippen LogP contribution is -2.41. The maximum atomic E-state index is 14.0. The highest BCUT2D eigenvalue weighted by atomic mass is 35.5. The van der Waals surface area contributed by atoms with E-state index in [4.69, 9.17) is 37.4 Å². The van der Waals surface area contributed by atoms with Gasteiger partial charge in [-0.25, -0.2) is 0 Å². The lowest BCUT2D eigenvalue weighted by Gasteiger charge is -2.29. The zero-order chi connectivity index (χ0) is 33.9. The Morgan fingerprint density at radius 3 is 2.38 bits per heavy atom. The van der Waals surface area contributed by atoms with Gasteiger partial charge in [-0.05, 0) is 55.9 Å². The summed E-state index contributed by atoms with van der Waals surface area (Å²) in [5, 5.41) is 4.38. The number of ether oxygens (including phenoxy) is 3. The number of carbonyl (C=O) groups is 3. The van der Waals surface area contributed by atoms with Crippen LogP contribution >= 0.6 is 23.2 Å². The zero-order valence-electron chi connectivity index (χ0n) is 27.7. The molecule has 6 rings (SSSR count). The van der Waals surface area contributed by atoms with Crippen LogP contribution in [0.25, 0.3) is 10.9 Å². The van der Waals surface area contributed by atoms with Crippen LogP contribution in [0.1, 0.15) is 48.0 Å². The van der Waals surface area contributed by atoms with Gasteiger partial charge >= 0.3 is 0 Å². The lowest BCUT2D eigenvalue weighted by molar-refractivity contribution is -0.133. The first-order valence-corrected chi connectivity index (χ1v) is 17.4. The summed E-state index contributed by atoms with van der Waals surface area (Å²) in [6.07, 6.45) is 7.09. The molecule has 0 radical (unpaired) electrons. The van der Waals surface area contributed by atoms with E-state index >= 15 is 0 Å². The normalized spacial score (nSPS) is 26.3. The van der Waals surface area contributed by atoms with Crippen molar-refractivity contribution in [2.75, 3.05) is 45.8 Å². The monoisotopic (exact) mass is 698 g/mol. The first kappa shape index (κ1) is 34.9. The predicted molar refractivity (Wildman–Crippen MR) is 186 cm³/mol. The Balaban J connectivity index is 1.15. The topological polar surface area (TPSA) is 102 Å². The summed E-state index contributed by atoms with van der Waals surface area (Å²) in [6.45, 7) is 2.46. The fourth-order valence-electron chi connectivity index (χ4n) is 7.58. The number of likely N-dealkylation sites (tertiary alicyclic amines) is 2. The van der Waals surface area contributed by atoms with Crippen LogP contribution in [-0.4, -0.2) is 103 Å². The maximum absolute atomic E-state index is 14.0. The van der Waals surface area contributed by atoms with E-state index in [1.54, 1.807) is 32.5 Å². The fourth-order valence-corrected chi connectivity index (χ4v) is 8.04. The molecule has 3 aromatic rings. The third kappa shape index (κ3) is 7.44. The molecule has 1 saturated carbocycles. The number of aromatic nitrogens is 1. The number of hydrogen-bond acceptors (Lipinski definition) is 7.